The first-order valence-electron chi connectivity index (χ1n) is 9.13. The number of carbonyl (C=O) groups excluding carboxylic acids is 1. The molecule has 1 N–H and O–H groups in total. The van der Waals surface area contributed by atoms with Crippen molar-refractivity contribution in [1.82, 2.24) is 0 Å². The normalized spacial score (nSPS) is 16.0. The van der Waals surface area contributed by atoms with E-state index >= 15 is 0 Å². The van der Waals surface area contributed by atoms with Crippen molar-refractivity contribution in [1.29, 1.82) is 0 Å². The maximum atomic E-state index is 12.5. The Hall–Kier alpha value is -2.79. The van der Waals surface area contributed by atoms with Gasteiger partial charge in [0.05, 0.1) is 6.10 Å². The second kappa shape index (κ2) is 9.24. The summed E-state index contributed by atoms with van der Waals surface area (Å²) in [5.41, 5.74) is 2.16. The number of anilines is 1. The average molecular weight is 367 g/mol. The van der Waals surface area contributed by atoms with E-state index in [2.05, 4.69) is 11.9 Å². The topological polar surface area (TPSA) is 56.8 Å². The fraction of sp³-hybridized carbons (Fsp3) is 0.318. The van der Waals surface area contributed by atoms with Crippen LogP contribution in [-0.2, 0) is 4.74 Å². The molecule has 2 aromatic rings. The Morgan fingerprint density at radius 3 is 2.70 bits per heavy atom. The number of ether oxygens (including phenoxy) is 3. The lowest BCUT2D eigenvalue weighted by Crippen LogP contribution is -2.16. The SMILES string of the molecule is C=C(C)COc1cccc(C(=O)Nc2ccc(OCC3CCCO3)cc2)c1. The molecule has 0 saturated carbocycles. The first kappa shape index (κ1) is 19.0. The summed E-state index contributed by atoms with van der Waals surface area (Å²) in [6.07, 6.45) is 2.32. The van der Waals surface area contributed by atoms with Crippen LogP contribution in [0.5, 0.6) is 11.5 Å². The van der Waals surface area contributed by atoms with Crippen molar-refractivity contribution in [3.05, 3.63) is 66.2 Å². The Morgan fingerprint density at radius 1 is 1.19 bits per heavy atom. The molecule has 1 aliphatic heterocycles. The van der Waals surface area contributed by atoms with Crippen molar-refractivity contribution in [2.75, 3.05) is 25.1 Å². The fourth-order valence-corrected chi connectivity index (χ4v) is 2.74. The van der Waals surface area contributed by atoms with Crippen molar-refractivity contribution in [3.63, 3.8) is 0 Å². The maximum absolute atomic E-state index is 12.5. The summed E-state index contributed by atoms with van der Waals surface area (Å²) < 4.78 is 16.9. The Balaban J connectivity index is 1.54. The zero-order valence-corrected chi connectivity index (χ0v) is 15.6. The first-order chi connectivity index (χ1) is 13.1. The van der Waals surface area contributed by atoms with Gasteiger partial charge in [0.25, 0.3) is 5.91 Å². The molecule has 5 nitrogen and oxygen atoms in total. The number of benzene rings is 2. The molecule has 0 radical (unpaired) electrons. The minimum absolute atomic E-state index is 0.184. The highest BCUT2D eigenvalue weighted by atomic mass is 16.5. The lowest BCUT2D eigenvalue weighted by molar-refractivity contribution is 0.0679. The Labute approximate surface area is 159 Å². The molecule has 1 fully saturated rings. The molecule has 3 rings (SSSR count). The van der Waals surface area contributed by atoms with Crippen LogP contribution in [0.1, 0.15) is 30.1 Å². The van der Waals surface area contributed by atoms with E-state index in [1.165, 1.54) is 0 Å². The highest BCUT2D eigenvalue weighted by Crippen LogP contribution is 2.20. The fourth-order valence-electron chi connectivity index (χ4n) is 2.74. The van der Waals surface area contributed by atoms with Gasteiger partial charge in [0.1, 0.15) is 24.7 Å². The number of hydrogen-bond acceptors (Lipinski definition) is 4. The molecule has 27 heavy (non-hydrogen) atoms. The minimum atomic E-state index is -0.191. The van der Waals surface area contributed by atoms with Gasteiger partial charge in [0.15, 0.2) is 0 Å². The summed E-state index contributed by atoms with van der Waals surface area (Å²) >= 11 is 0. The summed E-state index contributed by atoms with van der Waals surface area (Å²) in [6.45, 7) is 7.50. The maximum Gasteiger partial charge on any atom is 0.255 e. The number of hydrogen-bond donors (Lipinski definition) is 1. The average Bonchev–Trinajstić information content (AvgIpc) is 3.20. The van der Waals surface area contributed by atoms with Gasteiger partial charge in [0, 0.05) is 17.9 Å². The molecule has 1 amide bonds. The zero-order chi connectivity index (χ0) is 19.1. The lowest BCUT2D eigenvalue weighted by Gasteiger charge is -2.12. The third kappa shape index (κ3) is 5.86. The number of nitrogens with one attached hydrogen (secondary N) is 1. The molecule has 5 heteroatoms. The third-order valence-electron chi connectivity index (χ3n) is 4.15. The second-order valence-electron chi connectivity index (χ2n) is 6.70. The summed E-state index contributed by atoms with van der Waals surface area (Å²) in [5.74, 6) is 1.21. The van der Waals surface area contributed by atoms with E-state index in [4.69, 9.17) is 14.2 Å². The van der Waals surface area contributed by atoms with Crippen molar-refractivity contribution < 1.29 is 19.0 Å². The van der Waals surface area contributed by atoms with E-state index in [-0.39, 0.29) is 12.0 Å². The minimum Gasteiger partial charge on any atom is -0.491 e. The van der Waals surface area contributed by atoms with Gasteiger partial charge < -0.3 is 19.5 Å². The van der Waals surface area contributed by atoms with Gasteiger partial charge in [-0.15, -0.1) is 0 Å². The summed E-state index contributed by atoms with van der Waals surface area (Å²) in [6, 6.07) is 14.4. The molecule has 142 valence electrons. The van der Waals surface area contributed by atoms with E-state index in [1.54, 1.807) is 18.2 Å². The summed E-state index contributed by atoms with van der Waals surface area (Å²) in [7, 11) is 0. The molecule has 0 aliphatic carbocycles. The van der Waals surface area contributed by atoms with Gasteiger partial charge in [-0.1, -0.05) is 12.6 Å². The van der Waals surface area contributed by atoms with Crippen molar-refractivity contribution in [3.8, 4) is 11.5 Å². The Kier molecular flexibility index (Phi) is 6.49. The van der Waals surface area contributed by atoms with Gasteiger partial charge >= 0.3 is 0 Å². The van der Waals surface area contributed by atoms with Gasteiger partial charge in [-0.3, -0.25) is 4.79 Å². The van der Waals surface area contributed by atoms with Gasteiger partial charge in [-0.05, 0) is 67.8 Å². The van der Waals surface area contributed by atoms with Crippen LogP contribution in [-0.4, -0.2) is 31.8 Å². The number of rotatable bonds is 8. The molecule has 1 aliphatic rings. The molecule has 1 atom stereocenters. The van der Waals surface area contributed by atoms with E-state index in [0.29, 0.717) is 30.2 Å². The number of carbonyl (C=O) groups is 1. The molecule has 2 aromatic carbocycles. The zero-order valence-electron chi connectivity index (χ0n) is 15.6. The van der Waals surface area contributed by atoms with Gasteiger partial charge in [-0.2, -0.15) is 0 Å². The first-order valence-corrected chi connectivity index (χ1v) is 9.13. The third-order valence-corrected chi connectivity index (χ3v) is 4.15. The molecule has 0 bridgehead atoms. The molecule has 1 unspecified atom stereocenters. The highest BCUT2D eigenvalue weighted by Gasteiger charge is 2.16. The van der Waals surface area contributed by atoms with E-state index in [1.807, 2.05) is 37.3 Å². The largest absolute Gasteiger partial charge is 0.491 e. The predicted molar refractivity (Wildman–Crippen MR) is 106 cm³/mol. The summed E-state index contributed by atoms with van der Waals surface area (Å²) in [5, 5.41) is 2.88. The van der Waals surface area contributed by atoms with E-state index < -0.39 is 0 Å². The van der Waals surface area contributed by atoms with Crippen LogP contribution >= 0.6 is 0 Å². The molecule has 0 spiro atoms. The molecular formula is C22H25NO4. The van der Waals surface area contributed by atoms with Gasteiger partial charge in [-0.25, -0.2) is 0 Å². The molecule has 1 heterocycles. The van der Waals surface area contributed by atoms with E-state index in [9.17, 15) is 4.79 Å². The van der Waals surface area contributed by atoms with Crippen LogP contribution in [0, 0.1) is 0 Å². The van der Waals surface area contributed by atoms with Crippen molar-refractivity contribution >= 4 is 11.6 Å². The molecular weight excluding hydrogens is 342 g/mol. The standard InChI is InChI=1S/C22H25NO4/c1-16(2)14-26-20-6-3-5-17(13-20)22(24)23-18-8-10-19(11-9-18)27-15-21-7-4-12-25-21/h3,5-6,8-11,13,21H,1,4,7,12,14-15H2,2H3,(H,23,24). The van der Waals surface area contributed by atoms with Crippen LogP contribution in [0.25, 0.3) is 0 Å². The van der Waals surface area contributed by atoms with Crippen LogP contribution in [0.3, 0.4) is 0 Å². The monoisotopic (exact) mass is 367 g/mol. The highest BCUT2D eigenvalue weighted by molar-refractivity contribution is 6.04. The molecule has 0 aromatic heterocycles. The van der Waals surface area contributed by atoms with Crippen LogP contribution in [0.2, 0.25) is 0 Å². The van der Waals surface area contributed by atoms with Crippen LogP contribution < -0.4 is 14.8 Å². The number of amides is 1. The van der Waals surface area contributed by atoms with Crippen LogP contribution in [0.4, 0.5) is 5.69 Å². The lowest BCUT2D eigenvalue weighted by atomic mass is 10.2. The quantitative estimate of drug-likeness (QED) is 0.700. The molecule has 1 saturated heterocycles. The van der Waals surface area contributed by atoms with Gasteiger partial charge in [0.2, 0.25) is 0 Å². The smallest absolute Gasteiger partial charge is 0.255 e. The Bertz CT molecular complexity index is 779. The van der Waals surface area contributed by atoms with Crippen molar-refractivity contribution in [2.24, 2.45) is 0 Å². The van der Waals surface area contributed by atoms with E-state index in [0.717, 1.165) is 30.8 Å². The van der Waals surface area contributed by atoms with Crippen LogP contribution in [0.15, 0.2) is 60.7 Å². The summed E-state index contributed by atoms with van der Waals surface area (Å²) in [4.78, 5) is 12.5. The second-order valence-corrected chi connectivity index (χ2v) is 6.70. The van der Waals surface area contributed by atoms with Crippen molar-refractivity contribution in [2.45, 2.75) is 25.9 Å². The predicted octanol–water partition coefficient (Wildman–Crippen LogP) is 4.45. The Morgan fingerprint density at radius 2 is 2.00 bits per heavy atom.